The summed E-state index contributed by atoms with van der Waals surface area (Å²) in [6, 6.07) is 0.432. The number of aryl methyl sites for hydroxylation is 1. The van der Waals surface area contributed by atoms with E-state index in [1.807, 2.05) is 6.92 Å². The summed E-state index contributed by atoms with van der Waals surface area (Å²) in [6.45, 7) is 6.79. The first-order valence-electron chi connectivity index (χ1n) is 7.44. The van der Waals surface area contributed by atoms with Crippen molar-refractivity contribution in [1.29, 1.82) is 0 Å². The topological polar surface area (TPSA) is 66.7 Å². The van der Waals surface area contributed by atoms with Crippen LogP contribution in [0, 0.1) is 6.92 Å². The maximum Gasteiger partial charge on any atom is 0.208 e. The summed E-state index contributed by atoms with van der Waals surface area (Å²) < 4.78 is 28.6. The Morgan fingerprint density at radius 2 is 2.29 bits per heavy atom. The second-order valence-electron chi connectivity index (χ2n) is 5.76. The van der Waals surface area contributed by atoms with E-state index in [1.54, 1.807) is 13.1 Å². The third kappa shape index (κ3) is 4.79. The lowest BCUT2D eigenvalue weighted by Crippen LogP contribution is -2.35. The molecule has 21 heavy (non-hydrogen) atoms. The zero-order chi connectivity index (χ0) is 15.5. The van der Waals surface area contributed by atoms with Crippen LogP contribution in [-0.2, 0) is 16.4 Å². The number of likely N-dealkylation sites (tertiary alicyclic amines) is 1. The summed E-state index contributed by atoms with van der Waals surface area (Å²) in [5, 5.41) is 0. The van der Waals surface area contributed by atoms with Crippen molar-refractivity contribution < 1.29 is 12.8 Å². The van der Waals surface area contributed by atoms with Crippen molar-refractivity contribution in [3.63, 3.8) is 0 Å². The van der Waals surface area contributed by atoms with Crippen LogP contribution in [-0.4, -0.2) is 67.4 Å². The number of sulfone groups is 1. The molecule has 0 amide bonds. The van der Waals surface area contributed by atoms with E-state index in [-0.39, 0.29) is 11.5 Å². The molecule has 1 saturated heterocycles. The van der Waals surface area contributed by atoms with Gasteiger partial charge in [0, 0.05) is 24.9 Å². The minimum Gasteiger partial charge on any atom is -0.445 e. The first-order valence-corrected chi connectivity index (χ1v) is 9.26. The van der Waals surface area contributed by atoms with Gasteiger partial charge in [0.05, 0.1) is 18.5 Å². The van der Waals surface area contributed by atoms with Crippen molar-refractivity contribution in [3.8, 4) is 0 Å². The molecule has 0 unspecified atom stereocenters. The van der Waals surface area contributed by atoms with Crippen LogP contribution in [0.3, 0.4) is 0 Å². The molecule has 6 nitrogen and oxygen atoms in total. The first-order chi connectivity index (χ1) is 9.89. The third-order valence-electron chi connectivity index (χ3n) is 4.08. The Bertz CT molecular complexity index is 556. The standard InChI is InChI=1S/C14H25N3O3S/c1-4-21(18,19)8-7-17-6-5-13(10-17)16(3)11-14-15-9-12(2)20-14/h9,13H,4-8,10-11H2,1-3H3/t13-/m1/s1. The molecule has 1 aliphatic rings. The zero-order valence-electron chi connectivity index (χ0n) is 13.1. The van der Waals surface area contributed by atoms with Crippen molar-refractivity contribution >= 4 is 9.84 Å². The van der Waals surface area contributed by atoms with Crippen LogP contribution < -0.4 is 0 Å². The van der Waals surface area contributed by atoms with Crippen LogP contribution >= 0.6 is 0 Å². The van der Waals surface area contributed by atoms with E-state index in [1.165, 1.54) is 0 Å². The molecule has 0 aliphatic carbocycles. The van der Waals surface area contributed by atoms with Gasteiger partial charge in [-0.1, -0.05) is 6.92 Å². The van der Waals surface area contributed by atoms with Crippen LogP contribution in [0.1, 0.15) is 25.0 Å². The minimum absolute atomic E-state index is 0.230. The molecule has 7 heteroatoms. The first kappa shape index (κ1) is 16.5. The van der Waals surface area contributed by atoms with Gasteiger partial charge in [0.25, 0.3) is 0 Å². The normalized spacial score (nSPS) is 20.5. The molecule has 0 radical (unpaired) electrons. The lowest BCUT2D eigenvalue weighted by molar-refractivity contribution is 0.208. The Morgan fingerprint density at radius 3 is 2.90 bits per heavy atom. The molecule has 0 spiro atoms. The molecule has 1 aromatic heterocycles. The van der Waals surface area contributed by atoms with E-state index in [2.05, 4.69) is 21.8 Å². The van der Waals surface area contributed by atoms with Crippen molar-refractivity contribution in [2.24, 2.45) is 0 Å². The third-order valence-corrected chi connectivity index (χ3v) is 5.77. The summed E-state index contributed by atoms with van der Waals surface area (Å²) >= 11 is 0. The van der Waals surface area contributed by atoms with Crippen molar-refractivity contribution in [1.82, 2.24) is 14.8 Å². The maximum atomic E-state index is 11.6. The molecular weight excluding hydrogens is 290 g/mol. The summed E-state index contributed by atoms with van der Waals surface area (Å²) in [4.78, 5) is 8.69. The molecule has 0 N–H and O–H groups in total. The number of nitrogens with zero attached hydrogens (tertiary/aromatic N) is 3. The van der Waals surface area contributed by atoms with Crippen LogP contribution in [0.4, 0.5) is 0 Å². The summed E-state index contributed by atoms with van der Waals surface area (Å²) in [5.41, 5.74) is 0. The average Bonchev–Trinajstić information content (AvgIpc) is 3.06. The smallest absolute Gasteiger partial charge is 0.208 e. The molecule has 2 heterocycles. The minimum atomic E-state index is -2.87. The van der Waals surface area contributed by atoms with E-state index in [4.69, 9.17) is 4.42 Å². The summed E-state index contributed by atoms with van der Waals surface area (Å²) in [5.74, 6) is 2.06. The number of likely N-dealkylation sites (N-methyl/N-ethyl adjacent to an activating group) is 1. The molecule has 1 atom stereocenters. The predicted molar refractivity (Wildman–Crippen MR) is 81.9 cm³/mol. The highest BCUT2D eigenvalue weighted by Gasteiger charge is 2.27. The molecular formula is C14H25N3O3S. The van der Waals surface area contributed by atoms with Gasteiger partial charge in [-0.15, -0.1) is 0 Å². The van der Waals surface area contributed by atoms with Gasteiger partial charge in [-0.2, -0.15) is 0 Å². The van der Waals surface area contributed by atoms with E-state index in [9.17, 15) is 8.42 Å². The molecule has 1 aliphatic heterocycles. The van der Waals surface area contributed by atoms with Gasteiger partial charge in [-0.3, -0.25) is 4.90 Å². The maximum absolute atomic E-state index is 11.6. The van der Waals surface area contributed by atoms with Crippen molar-refractivity contribution in [2.45, 2.75) is 32.9 Å². The van der Waals surface area contributed by atoms with E-state index >= 15 is 0 Å². The van der Waals surface area contributed by atoms with Gasteiger partial charge in [-0.05, 0) is 26.9 Å². The molecule has 0 aromatic carbocycles. The van der Waals surface area contributed by atoms with Crippen molar-refractivity contribution in [3.05, 3.63) is 17.8 Å². The van der Waals surface area contributed by atoms with Crippen LogP contribution in [0.2, 0.25) is 0 Å². The second kappa shape index (κ2) is 6.89. The Hall–Kier alpha value is -0.920. The van der Waals surface area contributed by atoms with E-state index in [0.717, 1.165) is 31.2 Å². The molecule has 1 aromatic rings. The monoisotopic (exact) mass is 315 g/mol. The Kier molecular flexibility index (Phi) is 5.40. The zero-order valence-corrected chi connectivity index (χ0v) is 13.9. The summed E-state index contributed by atoms with van der Waals surface area (Å²) in [7, 11) is -0.805. The van der Waals surface area contributed by atoms with Crippen LogP contribution in [0.15, 0.2) is 10.6 Å². The Labute approximate surface area is 127 Å². The molecule has 2 rings (SSSR count). The van der Waals surface area contributed by atoms with Gasteiger partial charge in [0.1, 0.15) is 5.76 Å². The SMILES string of the molecule is CCS(=O)(=O)CCN1CC[C@@H](N(C)Cc2ncc(C)o2)C1. The fraction of sp³-hybridized carbons (Fsp3) is 0.786. The van der Waals surface area contributed by atoms with Crippen LogP contribution in [0.5, 0.6) is 0 Å². The lowest BCUT2D eigenvalue weighted by atomic mass is 10.2. The van der Waals surface area contributed by atoms with E-state index in [0.29, 0.717) is 19.1 Å². The van der Waals surface area contributed by atoms with Gasteiger partial charge >= 0.3 is 0 Å². The van der Waals surface area contributed by atoms with E-state index < -0.39 is 9.84 Å². The average molecular weight is 315 g/mol. The van der Waals surface area contributed by atoms with Crippen molar-refractivity contribution in [2.75, 3.05) is 38.2 Å². The predicted octanol–water partition coefficient (Wildman–Crippen LogP) is 0.924. The highest BCUT2D eigenvalue weighted by Crippen LogP contribution is 2.16. The fourth-order valence-corrected chi connectivity index (χ4v) is 3.43. The molecule has 120 valence electrons. The Morgan fingerprint density at radius 1 is 1.52 bits per heavy atom. The Balaban J connectivity index is 1.79. The number of rotatable bonds is 7. The highest BCUT2D eigenvalue weighted by molar-refractivity contribution is 7.91. The van der Waals surface area contributed by atoms with Gasteiger partial charge in [-0.25, -0.2) is 13.4 Å². The number of oxazole rings is 1. The molecule has 0 saturated carbocycles. The molecule has 1 fully saturated rings. The van der Waals surface area contributed by atoms with Gasteiger partial charge in [0.15, 0.2) is 9.84 Å². The quantitative estimate of drug-likeness (QED) is 0.745. The molecule has 0 bridgehead atoms. The van der Waals surface area contributed by atoms with Gasteiger partial charge in [0.2, 0.25) is 5.89 Å². The highest BCUT2D eigenvalue weighted by atomic mass is 32.2. The lowest BCUT2D eigenvalue weighted by Gasteiger charge is -2.23. The van der Waals surface area contributed by atoms with Gasteiger partial charge < -0.3 is 9.32 Å². The second-order valence-corrected chi connectivity index (χ2v) is 8.23. The largest absolute Gasteiger partial charge is 0.445 e. The fourth-order valence-electron chi connectivity index (χ4n) is 2.60. The number of aromatic nitrogens is 1. The number of hydrogen-bond acceptors (Lipinski definition) is 6. The summed E-state index contributed by atoms with van der Waals surface area (Å²) in [6.07, 6.45) is 2.79. The van der Waals surface area contributed by atoms with Crippen LogP contribution in [0.25, 0.3) is 0 Å². The number of hydrogen-bond donors (Lipinski definition) is 0.